The van der Waals surface area contributed by atoms with E-state index < -0.39 is 0 Å². The minimum Gasteiger partial charge on any atom is -0.495 e. The van der Waals surface area contributed by atoms with Crippen LogP contribution < -0.4 is 9.47 Å². The maximum atomic E-state index is 12.4. The third-order valence-electron chi connectivity index (χ3n) is 2.99. The van der Waals surface area contributed by atoms with Crippen LogP contribution in [0.1, 0.15) is 15.9 Å². The maximum Gasteiger partial charge on any atom is 0.171 e. The molecule has 0 aliphatic heterocycles. The van der Waals surface area contributed by atoms with Crippen molar-refractivity contribution in [1.29, 1.82) is 0 Å². The number of ketones is 1. The average Bonchev–Trinajstić information content (AvgIpc) is 2.47. The molecular formula is C16H15ClO3. The predicted octanol–water partition coefficient (Wildman–Crippen LogP) is 3.78. The fraction of sp³-hybridized carbons (Fsp3) is 0.188. The summed E-state index contributed by atoms with van der Waals surface area (Å²) in [5.74, 6) is 0.796. The molecule has 2 rings (SSSR count). The molecular weight excluding hydrogens is 276 g/mol. The highest BCUT2D eigenvalue weighted by Crippen LogP contribution is 2.37. The molecule has 0 aromatic heterocycles. The number of carbonyl (C=O) groups excluding carboxylic acids is 1. The van der Waals surface area contributed by atoms with Crippen molar-refractivity contribution in [2.75, 3.05) is 14.2 Å². The molecule has 0 radical (unpaired) electrons. The predicted molar refractivity (Wildman–Crippen MR) is 79.0 cm³/mol. The normalized spacial score (nSPS) is 10.2. The first-order valence-electron chi connectivity index (χ1n) is 6.15. The van der Waals surface area contributed by atoms with E-state index in [1.165, 1.54) is 14.2 Å². The van der Waals surface area contributed by atoms with Crippen molar-refractivity contribution in [2.45, 2.75) is 6.42 Å². The van der Waals surface area contributed by atoms with Crippen molar-refractivity contribution in [3.05, 3.63) is 58.6 Å². The molecule has 104 valence electrons. The summed E-state index contributed by atoms with van der Waals surface area (Å²) in [4.78, 5) is 12.4. The van der Waals surface area contributed by atoms with Gasteiger partial charge in [0, 0.05) is 6.42 Å². The first-order valence-corrected chi connectivity index (χ1v) is 6.52. The maximum absolute atomic E-state index is 12.4. The van der Waals surface area contributed by atoms with Crippen LogP contribution in [0.2, 0.25) is 5.02 Å². The Hall–Kier alpha value is -2.00. The Labute approximate surface area is 123 Å². The zero-order valence-electron chi connectivity index (χ0n) is 11.4. The molecule has 2 aromatic rings. The summed E-state index contributed by atoms with van der Waals surface area (Å²) in [5.41, 5.74) is 1.41. The SMILES string of the molecule is COc1ccc(C(=O)Cc2ccccc2)c(OC)c1Cl. The minimum atomic E-state index is -0.0439. The highest BCUT2D eigenvalue weighted by molar-refractivity contribution is 6.34. The van der Waals surface area contributed by atoms with Crippen LogP contribution in [0.3, 0.4) is 0 Å². The fourth-order valence-corrected chi connectivity index (χ4v) is 2.31. The highest BCUT2D eigenvalue weighted by Gasteiger charge is 2.18. The number of methoxy groups -OCH3 is 2. The largest absolute Gasteiger partial charge is 0.495 e. The molecule has 0 bridgehead atoms. The Morgan fingerprint density at radius 3 is 2.35 bits per heavy atom. The number of benzene rings is 2. The summed E-state index contributed by atoms with van der Waals surface area (Å²) in [6.45, 7) is 0. The van der Waals surface area contributed by atoms with Crippen LogP contribution in [0.4, 0.5) is 0 Å². The summed E-state index contributed by atoms with van der Waals surface area (Å²) >= 11 is 6.16. The number of hydrogen-bond donors (Lipinski definition) is 0. The van der Waals surface area contributed by atoms with Crippen LogP contribution >= 0.6 is 11.6 Å². The molecule has 0 N–H and O–H groups in total. The van der Waals surface area contributed by atoms with Gasteiger partial charge in [-0.15, -0.1) is 0 Å². The zero-order chi connectivity index (χ0) is 14.5. The monoisotopic (exact) mass is 290 g/mol. The lowest BCUT2D eigenvalue weighted by molar-refractivity contribution is 0.0990. The summed E-state index contributed by atoms with van der Waals surface area (Å²) in [5, 5.41) is 0.314. The van der Waals surface area contributed by atoms with E-state index in [1.807, 2.05) is 30.3 Å². The Balaban J connectivity index is 2.33. The van der Waals surface area contributed by atoms with Gasteiger partial charge >= 0.3 is 0 Å². The van der Waals surface area contributed by atoms with E-state index in [0.717, 1.165) is 5.56 Å². The molecule has 0 amide bonds. The molecule has 0 spiro atoms. The van der Waals surface area contributed by atoms with Crippen LogP contribution in [0.25, 0.3) is 0 Å². The number of rotatable bonds is 5. The Morgan fingerprint density at radius 2 is 1.75 bits per heavy atom. The van der Waals surface area contributed by atoms with Gasteiger partial charge in [-0.05, 0) is 17.7 Å². The van der Waals surface area contributed by atoms with Crippen molar-refractivity contribution < 1.29 is 14.3 Å². The number of Topliss-reactive ketones (excluding diaryl/α,β-unsaturated/α-hetero) is 1. The lowest BCUT2D eigenvalue weighted by atomic mass is 10.0. The van der Waals surface area contributed by atoms with Gasteiger partial charge in [0.1, 0.15) is 10.8 Å². The molecule has 0 saturated heterocycles. The van der Waals surface area contributed by atoms with Crippen molar-refractivity contribution >= 4 is 17.4 Å². The van der Waals surface area contributed by atoms with Gasteiger partial charge in [-0.1, -0.05) is 41.9 Å². The Morgan fingerprint density at radius 1 is 1.05 bits per heavy atom. The van der Waals surface area contributed by atoms with E-state index in [4.69, 9.17) is 21.1 Å². The van der Waals surface area contributed by atoms with E-state index in [0.29, 0.717) is 28.5 Å². The number of hydrogen-bond acceptors (Lipinski definition) is 3. The van der Waals surface area contributed by atoms with Gasteiger partial charge in [-0.3, -0.25) is 4.79 Å². The highest BCUT2D eigenvalue weighted by atomic mass is 35.5. The molecule has 0 saturated carbocycles. The van der Waals surface area contributed by atoms with E-state index in [9.17, 15) is 4.79 Å². The van der Waals surface area contributed by atoms with Crippen molar-refractivity contribution in [2.24, 2.45) is 0 Å². The van der Waals surface area contributed by atoms with E-state index >= 15 is 0 Å². The topological polar surface area (TPSA) is 35.5 Å². The third-order valence-corrected chi connectivity index (χ3v) is 3.35. The van der Waals surface area contributed by atoms with E-state index in [2.05, 4.69) is 0 Å². The van der Waals surface area contributed by atoms with E-state index in [1.54, 1.807) is 12.1 Å². The van der Waals surface area contributed by atoms with Crippen molar-refractivity contribution in [1.82, 2.24) is 0 Å². The number of carbonyl (C=O) groups is 1. The molecule has 0 atom stereocenters. The molecule has 0 aliphatic rings. The lowest BCUT2D eigenvalue weighted by Gasteiger charge is -2.12. The minimum absolute atomic E-state index is 0.0439. The van der Waals surface area contributed by atoms with Crippen LogP contribution in [0.5, 0.6) is 11.5 Å². The second-order valence-electron chi connectivity index (χ2n) is 4.25. The quantitative estimate of drug-likeness (QED) is 0.786. The molecule has 0 aliphatic carbocycles. The summed E-state index contributed by atoms with van der Waals surface area (Å²) in [7, 11) is 3.01. The third kappa shape index (κ3) is 2.94. The van der Waals surface area contributed by atoms with Crippen LogP contribution in [-0.2, 0) is 6.42 Å². The van der Waals surface area contributed by atoms with Crippen molar-refractivity contribution in [3.8, 4) is 11.5 Å². The van der Waals surface area contributed by atoms with Crippen molar-refractivity contribution in [3.63, 3.8) is 0 Å². The second kappa shape index (κ2) is 6.44. The number of ether oxygens (including phenoxy) is 2. The van der Waals surface area contributed by atoms with Gasteiger partial charge in [0.05, 0.1) is 19.8 Å². The van der Waals surface area contributed by atoms with E-state index in [-0.39, 0.29) is 5.78 Å². The molecule has 0 heterocycles. The van der Waals surface area contributed by atoms with Gasteiger partial charge < -0.3 is 9.47 Å². The summed E-state index contributed by atoms with van der Waals surface area (Å²) in [6, 6.07) is 12.9. The molecule has 2 aromatic carbocycles. The van der Waals surface area contributed by atoms with Gasteiger partial charge in [0.2, 0.25) is 0 Å². The summed E-state index contributed by atoms with van der Waals surface area (Å²) in [6.07, 6.45) is 0.305. The van der Waals surface area contributed by atoms with Gasteiger partial charge in [-0.2, -0.15) is 0 Å². The van der Waals surface area contributed by atoms with Gasteiger partial charge in [-0.25, -0.2) is 0 Å². The first-order chi connectivity index (χ1) is 9.67. The molecule has 0 fully saturated rings. The second-order valence-corrected chi connectivity index (χ2v) is 4.63. The van der Waals surface area contributed by atoms with Crippen LogP contribution in [-0.4, -0.2) is 20.0 Å². The Bertz CT molecular complexity index is 609. The Kier molecular flexibility index (Phi) is 4.64. The lowest BCUT2D eigenvalue weighted by Crippen LogP contribution is -2.06. The smallest absolute Gasteiger partial charge is 0.171 e. The van der Waals surface area contributed by atoms with Crippen LogP contribution in [0.15, 0.2) is 42.5 Å². The first kappa shape index (κ1) is 14.4. The molecule has 3 nitrogen and oxygen atoms in total. The van der Waals surface area contributed by atoms with Gasteiger partial charge in [0.15, 0.2) is 11.5 Å². The van der Waals surface area contributed by atoms with Crippen LogP contribution in [0, 0.1) is 0 Å². The molecule has 20 heavy (non-hydrogen) atoms. The standard InChI is InChI=1S/C16H15ClO3/c1-19-14-9-8-12(16(20-2)15(14)17)13(18)10-11-6-4-3-5-7-11/h3-9H,10H2,1-2H3. The zero-order valence-corrected chi connectivity index (χ0v) is 12.1. The van der Waals surface area contributed by atoms with Gasteiger partial charge in [0.25, 0.3) is 0 Å². The number of halogens is 1. The fourth-order valence-electron chi connectivity index (χ4n) is 1.99. The molecule has 4 heteroatoms. The molecule has 0 unspecified atom stereocenters. The average molecular weight is 291 g/mol. The summed E-state index contributed by atoms with van der Waals surface area (Å²) < 4.78 is 10.4.